The molecule has 0 aliphatic heterocycles. The van der Waals surface area contributed by atoms with E-state index in [0.717, 1.165) is 11.4 Å². The van der Waals surface area contributed by atoms with E-state index in [1.54, 1.807) is 33.4 Å². The van der Waals surface area contributed by atoms with E-state index in [9.17, 15) is 0 Å². The average Bonchev–Trinajstić information content (AvgIpc) is 1.57. The van der Waals surface area contributed by atoms with Gasteiger partial charge in [0.25, 0.3) is 0 Å². The molecule has 3 aliphatic rings. The second-order valence-corrected chi connectivity index (χ2v) is 31.5. The molecule has 0 amide bonds. The van der Waals surface area contributed by atoms with Crippen LogP contribution in [0, 0.1) is 0 Å². The van der Waals surface area contributed by atoms with Crippen LogP contribution in [0.4, 0.5) is 22.7 Å². The molecular weight excluding hydrogens is 1210 g/mol. The molecule has 532 valence electrons. The number of para-hydroxylation sites is 2. The predicted molar refractivity (Wildman–Crippen MR) is 439 cm³/mol. The molecule has 8 aromatic rings. The third-order valence-electron chi connectivity index (χ3n) is 24.4. The third kappa shape index (κ3) is 17.9. The normalized spacial score (nSPS) is 14.0. The smallest absolute Gasteiger partial charge is 0.0387 e. The van der Waals surface area contributed by atoms with E-state index < -0.39 is 0 Å². The van der Waals surface area contributed by atoms with Gasteiger partial charge in [0.15, 0.2) is 0 Å². The summed E-state index contributed by atoms with van der Waals surface area (Å²) in [7, 11) is 0. The predicted octanol–water partition coefficient (Wildman–Crippen LogP) is 31.4. The molecule has 11 rings (SSSR count). The monoisotopic (exact) mass is 1340 g/mol. The molecule has 0 saturated heterocycles. The molecule has 2 heteroatoms. The minimum atomic E-state index is -0.0729. The Morgan fingerprint density at radius 2 is 0.390 bits per heavy atom. The Balaban J connectivity index is 1.01. The van der Waals surface area contributed by atoms with Crippen LogP contribution in [0.3, 0.4) is 0 Å². The number of hydrogen-bond acceptors (Lipinski definition) is 2. The standard InChI is InChI=1S/C98H130N2/c1-7-13-19-25-31-43-65-96(64-42-30-24-18-12-6)90-70-76(78-54-60-86-88-62-56-82(99-80-48-38-36-39-49-80)74-94(88)97(92(86)72-78,66-44-32-26-20-14-8-2)67-45-33-27-21-15-9-3)52-58-84(90)85-59-53-77(71-91(85)96)79-55-61-87-89-63-57-83(100-81-50-40-37-41-51-81)75-95(89)98(93(87)73-79,68-46-34-28-22-16-10-4)69-47-35-29-23-17-11-5/h36-41,48-63,70-75,99-100H,7-35,42-47,64-69H2,1-6H3. The second kappa shape index (κ2) is 38.0. The molecule has 2 N–H and O–H groups in total. The molecule has 0 bridgehead atoms. The van der Waals surface area contributed by atoms with Crippen molar-refractivity contribution in [1.82, 2.24) is 0 Å². The maximum atomic E-state index is 3.87. The Bertz CT molecular complexity index is 3510. The molecule has 2 nitrogen and oxygen atoms in total. The Hall–Kier alpha value is -6.64. The number of hydrogen-bond donors (Lipinski definition) is 2. The van der Waals surface area contributed by atoms with Crippen molar-refractivity contribution in [1.29, 1.82) is 0 Å². The van der Waals surface area contributed by atoms with Gasteiger partial charge in [-0.15, -0.1) is 0 Å². The zero-order valence-corrected chi connectivity index (χ0v) is 63.7. The Morgan fingerprint density at radius 3 is 0.620 bits per heavy atom. The molecule has 0 aromatic heterocycles. The van der Waals surface area contributed by atoms with Crippen molar-refractivity contribution in [3.05, 3.63) is 203 Å². The first kappa shape index (κ1) is 74.5. The first-order valence-electron chi connectivity index (χ1n) is 41.9. The van der Waals surface area contributed by atoms with Crippen molar-refractivity contribution >= 4 is 22.7 Å². The highest BCUT2D eigenvalue weighted by Crippen LogP contribution is 2.60. The van der Waals surface area contributed by atoms with Gasteiger partial charge in [0.2, 0.25) is 0 Å². The van der Waals surface area contributed by atoms with Gasteiger partial charge in [0.1, 0.15) is 0 Å². The number of anilines is 4. The number of rotatable bonds is 47. The van der Waals surface area contributed by atoms with Gasteiger partial charge < -0.3 is 10.6 Å². The van der Waals surface area contributed by atoms with E-state index in [0.29, 0.717) is 0 Å². The van der Waals surface area contributed by atoms with E-state index in [-0.39, 0.29) is 16.2 Å². The van der Waals surface area contributed by atoms with Gasteiger partial charge in [-0.05, 0) is 200 Å². The summed E-state index contributed by atoms with van der Waals surface area (Å²) >= 11 is 0. The van der Waals surface area contributed by atoms with Crippen molar-refractivity contribution in [3.8, 4) is 55.6 Å². The quantitative estimate of drug-likeness (QED) is 0.0372. The van der Waals surface area contributed by atoms with Gasteiger partial charge >= 0.3 is 0 Å². The van der Waals surface area contributed by atoms with Gasteiger partial charge in [-0.3, -0.25) is 0 Å². The van der Waals surface area contributed by atoms with Gasteiger partial charge in [0.05, 0.1) is 0 Å². The lowest BCUT2D eigenvalue weighted by Gasteiger charge is -2.34. The number of unbranched alkanes of at least 4 members (excludes halogenated alkanes) is 29. The summed E-state index contributed by atoms with van der Waals surface area (Å²) in [5.41, 5.74) is 28.5. The van der Waals surface area contributed by atoms with E-state index in [2.05, 4.69) is 222 Å². The fourth-order valence-corrected chi connectivity index (χ4v) is 18.8. The van der Waals surface area contributed by atoms with Gasteiger partial charge in [-0.1, -0.05) is 363 Å². The summed E-state index contributed by atoms with van der Waals surface area (Å²) < 4.78 is 0. The van der Waals surface area contributed by atoms with Crippen LogP contribution >= 0.6 is 0 Å². The van der Waals surface area contributed by atoms with Crippen molar-refractivity contribution in [3.63, 3.8) is 0 Å². The van der Waals surface area contributed by atoms with Gasteiger partial charge in [-0.25, -0.2) is 0 Å². The minimum absolute atomic E-state index is 0.0427. The number of nitrogens with one attached hydrogen (secondary N) is 2. The summed E-state index contributed by atoms with van der Waals surface area (Å²) in [6.07, 6.45) is 53.2. The lowest BCUT2D eigenvalue weighted by atomic mass is 9.69. The van der Waals surface area contributed by atoms with Crippen LogP contribution in [-0.2, 0) is 16.2 Å². The zero-order valence-electron chi connectivity index (χ0n) is 63.7. The molecule has 0 unspecified atom stereocenters. The molecule has 100 heavy (non-hydrogen) atoms. The second-order valence-electron chi connectivity index (χ2n) is 31.5. The lowest BCUT2D eigenvalue weighted by molar-refractivity contribution is 0.398. The summed E-state index contributed by atoms with van der Waals surface area (Å²) in [5, 5.41) is 7.74. The van der Waals surface area contributed by atoms with Crippen LogP contribution in [-0.4, -0.2) is 0 Å². The van der Waals surface area contributed by atoms with E-state index in [1.807, 2.05) is 0 Å². The molecule has 3 aliphatic carbocycles. The zero-order chi connectivity index (χ0) is 69.3. The minimum Gasteiger partial charge on any atom is -0.356 e. The van der Waals surface area contributed by atoms with E-state index in [4.69, 9.17) is 0 Å². The molecule has 0 saturated carbocycles. The fourth-order valence-electron chi connectivity index (χ4n) is 18.8. The Morgan fingerprint density at radius 1 is 0.190 bits per heavy atom. The first-order valence-corrected chi connectivity index (χ1v) is 41.9. The Kier molecular flexibility index (Phi) is 28.4. The molecule has 8 aromatic carbocycles. The van der Waals surface area contributed by atoms with Crippen LogP contribution < -0.4 is 10.6 Å². The molecular formula is C98H130N2. The molecule has 0 heterocycles. The maximum absolute atomic E-state index is 3.87. The number of benzene rings is 8. The highest BCUT2D eigenvalue weighted by Gasteiger charge is 2.46. The largest absolute Gasteiger partial charge is 0.356 e. The maximum Gasteiger partial charge on any atom is 0.0387 e. The average molecular weight is 1340 g/mol. The van der Waals surface area contributed by atoms with Crippen molar-refractivity contribution in [2.24, 2.45) is 0 Å². The summed E-state index contributed by atoms with van der Waals surface area (Å²) in [6, 6.07) is 68.0. The van der Waals surface area contributed by atoms with Crippen molar-refractivity contribution in [2.75, 3.05) is 10.6 Å². The van der Waals surface area contributed by atoms with Gasteiger partial charge in [-0.2, -0.15) is 0 Å². The molecule has 0 spiro atoms. The van der Waals surface area contributed by atoms with Gasteiger partial charge in [0, 0.05) is 39.0 Å². The third-order valence-corrected chi connectivity index (χ3v) is 24.4. The first-order chi connectivity index (χ1) is 49.3. The lowest BCUT2D eigenvalue weighted by Crippen LogP contribution is -2.26. The summed E-state index contributed by atoms with van der Waals surface area (Å²) in [4.78, 5) is 0. The van der Waals surface area contributed by atoms with Crippen LogP contribution in [0.2, 0.25) is 0 Å². The fraction of sp³-hybridized carbons (Fsp3) is 0.510. The van der Waals surface area contributed by atoms with Crippen LogP contribution in [0.1, 0.15) is 338 Å². The summed E-state index contributed by atoms with van der Waals surface area (Å²) in [6.45, 7) is 14.2. The molecule has 0 radical (unpaired) electrons. The highest BCUT2D eigenvalue weighted by atomic mass is 14.9. The molecule has 0 atom stereocenters. The highest BCUT2D eigenvalue weighted by molar-refractivity contribution is 5.91. The van der Waals surface area contributed by atoms with E-state index in [1.165, 1.54) is 330 Å². The SMILES string of the molecule is CCCCCCCCC1(CCCCCCC)c2cc(-c3ccc4c(c3)C(CCCCCCCC)(CCCCCCCC)c3cc(Nc5ccccc5)ccc3-4)ccc2-c2ccc(-c3ccc4c(c3)C(CCCCCCCC)(CCCCCCCC)c3cc(Nc5ccccc5)ccc3-4)cc21. The number of fused-ring (bicyclic) bond motifs is 9. The van der Waals surface area contributed by atoms with Crippen LogP contribution in [0.5, 0.6) is 0 Å². The topological polar surface area (TPSA) is 24.1 Å². The van der Waals surface area contributed by atoms with Crippen molar-refractivity contribution in [2.45, 2.75) is 321 Å². The van der Waals surface area contributed by atoms with E-state index >= 15 is 0 Å². The Labute approximate surface area is 609 Å². The summed E-state index contributed by atoms with van der Waals surface area (Å²) in [5.74, 6) is 0. The molecule has 0 fully saturated rings. The van der Waals surface area contributed by atoms with Crippen molar-refractivity contribution < 1.29 is 0 Å². The van der Waals surface area contributed by atoms with Crippen LogP contribution in [0.15, 0.2) is 170 Å². The van der Waals surface area contributed by atoms with Crippen LogP contribution in [0.25, 0.3) is 55.6 Å².